The van der Waals surface area contributed by atoms with E-state index in [9.17, 15) is 0 Å². The molecule has 0 atom stereocenters. The third-order valence-corrected chi connectivity index (χ3v) is 2.89. The maximum atomic E-state index is 6.00. The van der Waals surface area contributed by atoms with Crippen LogP contribution in [0.15, 0.2) is 24.3 Å². The van der Waals surface area contributed by atoms with Gasteiger partial charge in [0.2, 0.25) is 0 Å². The maximum absolute atomic E-state index is 6.00. The minimum atomic E-state index is -0.0940. The van der Waals surface area contributed by atoms with Crippen LogP contribution < -0.4 is 10.5 Å². The van der Waals surface area contributed by atoms with Crippen LogP contribution in [0.3, 0.4) is 0 Å². The van der Waals surface area contributed by atoms with Gasteiger partial charge in [-0.3, -0.25) is 0 Å². The normalized spacial score (nSPS) is 12.2. The fourth-order valence-electron chi connectivity index (χ4n) is 1.82. The molecule has 0 aromatic heterocycles. The van der Waals surface area contributed by atoms with E-state index in [4.69, 9.17) is 10.5 Å². The summed E-state index contributed by atoms with van der Waals surface area (Å²) in [6, 6.07) is 8.33. The van der Waals surface area contributed by atoms with Gasteiger partial charge in [-0.1, -0.05) is 12.1 Å². The van der Waals surface area contributed by atoms with Crippen LogP contribution in [0, 0.1) is 0 Å². The van der Waals surface area contributed by atoms with E-state index in [-0.39, 0.29) is 11.6 Å². The predicted octanol–water partition coefficient (Wildman–Crippen LogP) is 3.03. The first-order valence-electron chi connectivity index (χ1n) is 6.99. The molecule has 1 aromatic carbocycles. The Morgan fingerprint density at radius 1 is 1.21 bits per heavy atom. The summed E-state index contributed by atoms with van der Waals surface area (Å²) in [7, 11) is 2.13. The number of nitrogens with zero attached hydrogens (tertiary/aromatic N) is 1. The molecule has 0 radical (unpaired) electrons. The molecular formula is C16H28N2O. The molecular weight excluding hydrogens is 236 g/mol. The van der Waals surface area contributed by atoms with Gasteiger partial charge < -0.3 is 15.4 Å². The summed E-state index contributed by atoms with van der Waals surface area (Å²) < 4.78 is 5.64. The van der Waals surface area contributed by atoms with Crippen LogP contribution in [0.1, 0.15) is 39.7 Å². The highest BCUT2D eigenvalue weighted by Crippen LogP contribution is 2.15. The van der Waals surface area contributed by atoms with Gasteiger partial charge >= 0.3 is 0 Å². The van der Waals surface area contributed by atoms with Gasteiger partial charge in [0.25, 0.3) is 0 Å². The molecule has 1 rings (SSSR count). The largest absolute Gasteiger partial charge is 0.491 e. The molecule has 19 heavy (non-hydrogen) atoms. The van der Waals surface area contributed by atoms with E-state index >= 15 is 0 Å². The molecule has 2 N–H and O–H groups in total. The molecule has 0 amide bonds. The quantitative estimate of drug-likeness (QED) is 0.822. The molecule has 3 nitrogen and oxygen atoms in total. The Balaban J connectivity index is 2.44. The zero-order chi connectivity index (χ0) is 14.5. The molecule has 0 heterocycles. The zero-order valence-corrected chi connectivity index (χ0v) is 12.9. The molecule has 0 aliphatic rings. The summed E-state index contributed by atoms with van der Waals surface area (Å²) in [5, 5.41) is 0. The van der Waals surface area contributed by atoms with E-state index in [0.29, 0.717) is 0 Å². The second kappa shape index (κ2) is 6.92. The molecule has 0 bridgehead atoms. The minimum Gasteiger partial charge on any atom is -0.491 e. The minimum absolute atomic E-state index is 0.0940. The summed E-state index contributed by atoms with van der Waals surface area (Å²) in [5.41, 5.74) is 7.21. The highest BCUT2D eigenvalue weighted by molar-refractivity contribution is 5.27. The first-order valence-corrected chi connectivity index (χ1v) is 6.99. The number of rotatable bonds is 7. The molecule has 0 aliphatic heterocycles. The molecule has 0 aliphatic carbocycles. The molecule has 108 valence electrons. The number of benzene rings is 1. The maximum Gasteiger partial charge on any atom is 0.119 e. The smallest absolute Gasteiger partial charge is 0.119 e. The third-order valence-electron chi connectivity index (χ3n) is 2.89. The zero-order valence-electron chi connectivity index (χ0n) is 12.9. The van der Waals surface area contributed by atoms with Gasteiger partial charge in [-0.15, -0.1) is 0 Å². The Labute approximate surface area is 117 Å². The van der Waals surface area contributed by atoms with Crippen LogP contribution in [0.5, 0.6) is 5.75 Å². The van der Waals surface area contributed by atoms with E-state index in [1.807, 2.05) is 26.0 Å². The van der Waals surface area contributed by atoms with E-state index in [2.05, 4.69) is 37.9 Å². The third kappa shape index (κ3) is 7.19. The van der Waals surface area contributed by atoms with Gasteiger partial charge in [-0.2, -0.15) is 0 Å². The summed E-state index contributed by atoms with van der Waals surface area (Å²) in [6.45, 7) is 10.2. The van der Waals surface area contributed by atoms with Gasteiger partial charge in [0, 0.05) is 12.1 Å². The highest BCUT2D eigenvalue weighted by atomic mass is 16.5. The second-order valence-electron chi connectivity index (χ2n) is 6.29. The average molecular weight is 264 g/mol. The van der Waals surface area contributed by atoms with Crippen LogP contribution in [-0.4, -0.2) is 30.1 Å². The Morgan fingerprint density at radius 2 is 1.79 bits per heavy atom. The van der Waals surface area contributed by atoms with Crippen molar-refractivity contribution in [3.8, 4) is 5.75 Å². The van der Waals surface area contributed by atoms with E-state index in [0.717, 1.165) is 25.3 Å². The van der Waals surface area contributed by atoms with E-state index in [1.165, 1.54) is 5.56 Å². The molecule has 0 spiro atoms. The number of hydrogen-bond donors (Lipinski definition) is 1. The van der Waals surface area contributed by atoms with Crippen molar-refractivity contribution in [2.45, 2.75) is 52.3 Å². The summed E-state index contributed by atoms with van der Waals surface area (Å²) in [4.78, 5) is 2.30. The van der Waals surface area contributed by atoms with Crippen LogP contribution in [-0.2, 0) is 6.54 Å². The standard InChI is InChI=1S/C16H28N2O/c1-13(2)19-15-8-6-14(7-9-15)12-18(5)11-10-16(3,4)17/h6-9,13H,10-12,17H2,1-5H3. The van der Waals surface area contributed by atoms with Crippen LogP contribution >= 0.6 is 0 Å². The molecule has 0 unspecified atom stereocenters. The van der Waals surface area contributed by atoms with Crippen LogP contribution in [0.4, 0.5) is 0 Å². The van der Waals surface area contributed by atoms with Gasteiger partial charge in [0.15, 0.2) is 0 Å². The van der Waals surface area contributed by atoms with Crippen molar-refractivity contribution in [3.05, 3.63) is 29.8 Å². The van der Waals surface area contributed by atoms with Crippen LogP contribution in [0.2, 0.25) is 0 Å². The number of nitrogens with two attached hydrogens (primary N) is 1. The van der Waals surface area contributed by atoms with Crippen molar-refractivity contribution in [3.63, 3.8) is 0 Å². The average Bonchev–Trinajstić information content (AvgIpc) is 2.28. The summed E-state index contributed by atoms with van der Waals surface area (Å²) >= 11 is 0. The summed E-state index contributed by atoms with van der Waals surface area (Å²) in [5.74, 6) is 0.935. The molecule has 0 saturated carbocycles. The van der Waals surface area contributed by atoms with Crippen molar-refractivity contribution in [2.24, 2.45) is 5.73 Å². The molecule has 0 saturated heterocycles. The van der Waals surface area contributed by atoms with Crippen LogP contribution in [0.25, 0.3) is 0 Å². The topological polar surface area (TPSA) is 38.5 Å². The number of ether oxygens (including phenoxy) is 1. The van der Waals surface area contributed by atoms with Crippen molar-refractivity contribution in [1.82, 2.24) is 4.90 Å². The lowest BCUT2D eigenvalue weighted by atomic mass is 10.0. The van der Waals surface area contributed by atoms with Gasteiger partial charge in [0.1, 0.15) is 5.75 Å². The SMILES string of the molecule is CC(C)Oc1ccc(CN(C)CCC(C)(C)N)cc1. The van der Waals surface area contributed by atoms with Gasteiger partial charge in [-0.25, -0.2) is 0 Å². The predicted molar refractivity (Wildman–Crippen MR) is 81.4 cm³/mol. The van der Waals surface area contributed by atoms with Crippen molar-refractivity contribution in [2.75, 3.05) is 13.6 Å². The lowest BCUT2D eigenvalue weighted by Crippen LogP contribution is -2.36. The summed E-state index contributed by atoms with van der Waals surface area (Å²) in [6.07, 6.45) is 1.22. The van der Waals surface area contributed by atoms with Crippen molar-refractivity contribution in [1.29, 1.82) is 0 Å². The number of hydrogen-bond acceptors (Lipinski definition) is 3. The Bertz CT molecular complexity index is 365. The first-order chi connectivity index (χ1) is 8.76. The van der Waals surface area contributed by atoms with E-state index < -0.39 is 0 Å². The molecule has 3 heteroatoms. The Morgan fingerprint density at radius 3 is 2.26 bits per heavy atom. The fourth-order valence-corrected chi connectivity index (χ4v) is 1.82. The van der Waals surface area contributed by atoms with Gasteiger partial charge in [-0.05, 0) is 65.4 Å². The Kier molecular flexibility index (Phi) is 5.83. The highest BCUT2D eigenvalue weighted by Gasteiger charge is 2.11. The van der Waals surface area contributed by atoms with E-state index in [1.54, 1.807) is 0 Å². The first kappa shape index (κ1) is 16.0. The molecule has 0 fully saturated rings. The monoisotopic (exact) mass is 264 g/mol. The lowest BCUT2D eigenvalue weighted by molar-refractivity contribution is 0.242. The van der Waals surface area contributed by atoms with Crippen molar-refractivity contribution >= 4 is 0 Å². The molecule has 1 aromatic rings. The second-order valence-corrected chi connectivity index (χ2v) is 6.29. The van der Waals surface area contributed by atoms with Crippen molar-refractivity contribution < 1.29 is 4.74 Å². The fraction of sp³-hybridized carbons (Fsp3) is 0.625. The van der Waals surface area contributed by atoms with Gasteiger partial charge in [0.05, 0.1) is 6.10 Å². The lowest BCUT2D eigenvalue weighted by Gasteiger charge is -2.23. The Hall–Kier alpha value is -1.06.